The zero-order valence-electron chi connectivity index (χ0n) is 14.4. The smallest absolute Gasteiger partial charge is 0.243 e. The van der Waals surface area contributed by atoms with Gasteiger partial charge in [-0.25, -0.2) is 8.42 Å². The van der Waals surface area contributed by atoms with E-state index in [1.54, 1.807) is 41.7 Å². The minimum absolute atomic E-state index is 0. The van der Waals surface area contributed by atoms with E-state index < -0.39 is 10.0 Å². The van der Waals surface area contributed by atoms with Crippen molar-refractivity contribution in [3.05, 3.63) is 51.1 Å². The molecule has 10 heteroatoms. The molecule has 0 saturated carbocycles. The number of carbonyl (C=O) groups is 1. The number of rotatable bonds is 6. The average molecular weight is 516 g/mol. The van der Waals surface area contributed by atoms with Crippen LogP contribution in [0.3, 0.4) is 0 Å². The van der Waals surface area contributed by atoms with Crippen molar-refractivity contribution in [3.63, 3.8) is 0 Å². The zero-order valence-corrected chi connectivity index (χ0v) is 19.3. The summed E-state index contributed by atoms with van der Waals surface area (Å²) < 4.78 is 27.7. The van der Waals surface area contributed by atoms with Crippen molar-refractivity contribution in [2.24, 2.45) is 0 Å². The number of hydrogen-bond donors (Lipinski definition) is 0. The third kappa shape index (κ3) is 6.52. The van der Waals surface area contributed by atoms with Crippen molar-refractivity contribution in [3.8, 4) is 0 Å². The van der Waals surface area contributed by atoms with Gasteiger partial charge in [0.2, 0.25) is 10.0 Å². The van der Waals surface area contributed by atoms with Gasteiger partial charge in [0, 0.05) is 37.5 Å². The Kier molecular flexibility index (Phi) is 9.91. The number of benzene rings is 1. The number of Topliss-reactive ketones (excluding diaryl/α,β-unsaturated/α-hetero) is 1. The molecule has 2 aromatic rings. The van der Waals surface area contributed by atoms with Crippen LogP contribution in [0.2, 0.25) is 0 Å². The Morgan fingerprint density at radius 1 is 1.00 bits per heavy atom. The van der Waals surface area contributed by atoms with Gasteiger partial charge in [-0.15, -0.1) is 36.2 Å². The van der Waals surface area contributed by atoms with Crippen LogP contribution < -0.4 is 0 Å². The highest BCUT2D eigenvalue weighted by Gasteiger charge is 2.28. The lowest BCUT2D eigenvalue weighted by Crippen LogP contribution is -2.49. The summed E-state index contributed by atoms with van der Waals surface area (Å²) in [4.78, 5) is 15.6. The second kappa shape index (κ2) is 10.9. The third-order valence-corrected chi connectivity index (χ3v) is 7.65. The molecular formula is C17H21BrCl2N2O3S2. The molecule has 1 fully saturated rings. The van der Waals surface area contributed by atoms with Gasteiger partial charge < -0.3 is 0 Å². The van der Waals surface area contributed by atoms with Gasteiger partial charge in [0.25, 0.3) is 0 Å². The van der Waals surface area contributed by atoms with Gasteiger partial charge in [-0.2, -0.15) is 4.31 Å². The quantitative estimate of drug-likeness (QED) is 0.591. The third-order valence-electron chi connectivity index (χ3n) is 4.11. The maximum Gasteiger partial charge on any atom is 0.243 e. The highest BCUT2D eigenvalue weighted by Crippen LogP contribution is 2.23. The van der Waals surface area contributed by atoms with E-state index in [4.69, 9.17) is 0 Å². The van der Waals surface area contributed by atoms with E-state index >= 15 is 0 Å². The number of hydrogen-bond acceptors (Lipinski definition) is 5. The summed E-state index contributed by atoms with van der Waals surface area (Å²) in [6.45, 7) is 2.34. The van der Waals surface area contributed by atoms with Gasteiger partial charge in [-0.05, 0) is 40.2 Å². The van der Waals surface area contributed by atoms with Gasteiger partial charge in [-0.1, -0.05) is 18.2 Å². The fraction of sp³-hybridized carbons (Fsp3) is 0.353. The number of ketones is 1. The molecule has 5 nitrogen and oxygen atoms in total. The monoisotopic (exact) mass is 514 g/mol. The van der Waals surface area contributed by atoms with Gasteiger partial charge >= 0.3 is 0 Å². The summed E-state index contributed by atoms with van der Waals surface area (Å²) in [6.07, 6.45) is 0.429. The highest BCUT2D eigenvalue weighted by molar-refractivity contribution is 9.11. The number of thiophene rings is 1. The summed E-state index contributed by atoms with van der Waals surface area (Å²) >= 11 is 4.97. The maximum atomic E-state index is 12.6. The molecule has 2 heterocycles. The van der Waals surface area contributed by atoms with Gasteiger partial charge in [0.1, 0.15) is 0 Å². The van der Waals surface area contributed by atoms with Crippen LogP contribution in [0, 0.1) is 0 Å². The molecule has 1 aliphatic heterocycles. The van der Waals surface area contributed by atoms with Gasteiger partial charge in [0.05, 0.1) is 15.2 Å². The fourth-order valence-electron chi connectivity index (χ4n) is 2.82. The zero-order chi connectivity index (χ0) is 17.9. The Labute approximate surface area is 184 Å². The molecule has 150 valence electrons. The van der Waals surface area contributed by atoms with E-state index in [0.29, 0.717) is 44.0 Å². The number of carbonyl (C=O) groups excluding carboxylic acids is 1. The van der Waals surface area contributed by atoms with Crippen LogP contribution in [-0.2, 0) is 21.2 Å². The van der Waals surface area contributed by atoms with Crippen LogP contribution in [0.25, 0.3) is 0 Å². The first-order valence-corrected chi connectivity index (χ1v) is 11.0. The summed E-state index contributed by atoms with van der Waals surface area (Å²) in [5.41, 5.74) is 0. The molecule has 1 aromatic heterocycles. The Hall–Kier alpha value is -0.480. The Balaban J connectivity index is 0.00000182. The van der Waals surface area contributed by atoms with Crippen LogP contribution in [0.1, 0.15) is 4.88 Å². The van der Waals surface area contributed by atoms with Crippen LogP contribution >= 0.6 is 52.1 Å². The maximum absolute atomic E-state index is 12.6. The largest absolute Gasteiger partial charge is 0.298 e. The molecule has 0 radical (unpaired) electrons. The molecule has 0 unspecified atom stereocenters. The Morgan fingerprint density at radius 2 is 1.63 bits per heavy atom. The van der Waals surface area contributed by atoms with Crippen LogP contribution in [0.15, 0.2) is 51.1 Å². The first-order valence-electron chi connectivity index (χ1n) is 7.98. The molecule has 0 bridgehead atoms. The highest BCUT2D eigenvalue weighted by atomic mass is 79.9. The second-order valence-electron chi connectivity index (χ2n) is 5.91. The van der Waals surface area contributed by atoms with Crippen molar-refractivity contribution >= 4 is 67.9 Å². The molecule has 0 amide bonds. The molecule has 1 saturated heterocycles. The number of sulfonamides is 1. The van der Waals surface area contributed by atoms with E-state index in [9.17, 15) is 13.2 Å². The summed E-state index contributed by atoms with van der Waals surface area (Å²) in [7, 11) is -3.44. The SMILES string of the molecule is Cl.Cl.O=C(Cc1ccc(Br)s1)CN1CCN(S(=O)(=O)c2ccccc2)CC1. The molecule has 1 aliphatic rings. The first-order chi connectivity index (χ1) is 11.9. The van der Waals surface area contributed by atoms with E-state index in [-0.39, 0.29) is 30.6 Å². The molecule has 0 aliphatic carbocycles. The molecule has 0 spiro atoms. The van der Waals surface area contributed by atoms with E-state index in [2.05, 4.69) is 15.9 Å². The predicted molar refractivity (Wildman–Crippen MR) is 117 cm³/mol. The number of nitrogens with zero attached hydrogens (tertiary/aromatic N) is 2. The van der Waals surface area contributed by atoms with Crippen molar-refractivity contribution < 1.29 is 13.2 Å². The summed E-state index contributed by atoms with van der Waals surface area (Å²) in [5, 5.41) is 0. The fourth-order valence-corrected chi connectivity index (χ4v) is 5.77. The van der Waals surface area contributed by atoms with Crippen molar-refractivity contribution in [2.75, 3.05) is 32.7 Å². The average Bonchev–Trinajstić information content (AvgIpc) is 3.01. The Morgan fingerprint density at radius 3 is 2.19 bits per heavy atom. The van der Waals surface area contributed by atoms with Gasteiger partial charge in [0.15, 0.2) is 5.78 Å². The minimum atomic E-state index is -3.44. The lowest BCUT2D eigenvalue weighted by molar-refractivity contribution is -0.119. The molecule has 0 atom stereocenters. The number of piperazine rings is 1. The number of halogens is 3. The normalized spacial score (nSPS) is 15.6. The van der Waals surface area contributed by atoms with E-state index in [0.717, 1.165) is 8.66 Å². The van der Waals surface area contributed by atoms with Crippen molar-refractivity contribution in [1.29, 1.82) is 0 Å². The molecule has 0 N–H and O–H groups in total. The standard InChI is InChI=1S/C17H19BrN2O3S2.2ClH/c18-17-7-6-15(24-17)12-14(21)13-19-8-10-20(11-9-19)25(22,23)16-4-2-1-3-5-16;;/h1-7H,8-13H2;2*1H. The van der Waals surface area contributed by atoms with Crippen molar-refractivity contribution in [2.45, 2.75) is 11.3 Å². The molecule has 1 aromatic carbocycles. The molecule has 27 heavy (non-hydrogen) atoms. The predicted octanol–water partition coefficient (Wildman–Crippen LogP) is 3.47. The summed E-state index contributed by atoms with van der Waals surface area (Å²) in [6, 6.07) is 12.4. The second-order valence-corrected chi connectivity index (χ2v) is 10.4. The Bertz CT molecular complexity index is 839. The van der Waals surface area contributed by atoms with Crippen molar-refractivity contribution in [1.82, 2.24) is 9.21 Å². The molecular weight excluding hydrogens is 495 g/mol. The first kappa shape index (κ1) is 24.6. The lowest BCUT2D eigenvalue weighted by atomic mass is 10.2. The van der Waals surface area contributed by atoms with E-state index in [1.807, 2.05) is 17.0 Å². The van der Waals surface area contributed by atoms with Crippen LogP contribution in [-0.4, -0.2) is 56.1 Å². The van der Waals surface area contributed by atoms with Gasteiger partial charge in [-0.3, -0.25) is 9.69 Å². The lowest BCUT2D eigenvalue weighted by Gasteiger charge is -2.33. The minimum Gasteiger partial charge on any atom is -0.298 e. The van der Waals surface area contributed by atoms with Crippen LogP contribution in [0.5, 0.6) is 0 Å². The van der Waals surface area contributed by atoms with Crippen LogP contribution in [0.4, 0.5) is 0 Å². The van der Waals surface area contributed by atoms with E-state index in [1.165, 1.54) is 4.31 Å². The topological polar surface area (TPSA) is 57.7 Å². The summed E-state index contributed by atoms with van der Waals surface area (Å²) in [5.74, 6) is 0.161. The molecule has 3 rings (SSSR count).